The normalized spacial score (nSPS) is 11.6. The predicted molar refractivity (Wildman–Crippen MR) is 71.9 cm³/mol. The molecular formula is C13H19N3O3. The third kappa shape index (κ3) is 5.39. The monoisotopic (exact) mass is 265 g/mol. The van der Waals surface area contributed by atoms with Gasteiger partial charge in [-0.1, -0.05) is 23.4 Å². The molecule has 4 N–H and O–H groups in total. The Hall–Kier alpha value is -2.08. The SMILES string of the molecule is CC(C)OCC(=O)NCc1cccc(/C(N)=N/O)c1. The minimum atomic E-state index is -0.178. The molecule has 0 saturated carbocycles. The molecule has 104 valence electrons. The molecule has 1 aromatic rings. The predicted octanol–water partition coefficient (Wildman–Crippen LogP) is 0.822. The van der Waals surface area contributed by atoms with E-state index in [2.05, 4.69) is 10.5 Å². The van der Waals surface area contributed by atoms with Crippen LogP contribution < -0.4 is 11.1 Å². The second-order valence-electron chi connectivity index (χ2n) is 4.32. The van der Waals surface area contributed by atoms with Crippen molar-refractivity contribution < 1.29 is 14.7 Å². The van der Waals surface area contributed by atoms with Gasteiger partial charge < -0.3 is 21.0 Å². The van der Waals surface area contributed by atoms with E-state index in [1.807, 2.05) is 19.9 Å². The van der Waals surface area contributed by atoms with Crippen molar-refractivity contribution in [2.24, 2.45) is 10.9 Å². The fourth-order valence-electron chi connectivity index (χ4n) is 1.39. The number of oxime groups is 1. The number of carbonyl (C=O) groups excluding carboxylic acids is 1. The van der Waals surface area contributed by atoms with Crippen LogP contribution >= 0.6 is 0 Å². The van der Waals surface area contributed by atoms with E-state index in [-0.39, 0.29) is 24.5 Å². The molecule has 6 nitrogen and oxygen atoms in total. The average Bonchev–Trinajstić information content (AvgIpc) is 2.42. The number of amides is 1. The van der Waals surface area contributed by atoms with Crippen LogP contribution in [0.1, 0.15) is 25.0 Å². The van der Waals surface area contributed by atoms with Gasteiger partial charge in [-0.15, -0.1) is 0 Å². The molecule has 1 amide bonds. The van der Waals surface area contributed by atoms with E-state index in [1.165, 1.54) is 0 Å². The van der Waals surface area contributed by atoms with Gasteiger partial charge in [0, 0.05) is 12.1 Å². The van der Waals surface area contributed by atoms with Crippen molar-refractivity contribution in [3.05, 3.63) is 35.4 Å². The van der Waals surface area contributed by atoms with Crippen molar-refractivity contribution in [3.8, 4) is 0 Å². The van der Waals surface area contributed by atoms with Crippen molar-refractivity contribution in [1.82, 2.24) is 5.32 Å². The van der Waals surface area contributed by atoms with Crippen LogP contribution in [0.15, 0.2) is 29.4 Å². The number of amidine groups is 1. The molecular weight excluding hydrogens is 246 g/mol. The highest BCUT2D eigenvalue weighted by molar-refractivity contribution is 5.97. The Bertz CT molecular complexity index is 458. The van der Waals surface area contributed by atoms with Gasteiger partial charge in [0.1, 0.15) is 6.61 Å². The van der Waals surface area contributed by atoms with Crippen molar-refractivity contribution in [2.75, 3.05) is 6.61 Å². The van der Waals surface area contributed by atoms with Crippen LogP contribution in [0.3, 0.4) is 0 Å². The number of nitrogens with two attached hydrogens (primary N) is 1. The fraction of sp³-hybridized carbons (Fsp3) is 0.385. The van der Waals surface area contributed by atoms with Crippen molar-refractivity contribution in [1.29, 1.82) is 0 Å². The van der Waals surface area contributed by atoms with E-state index < -0.39 is 0 Å². The Labute approximate surface area is 112 Å². The zero-order valence-electron chi connectivity index (χ0n) is 11.1. The molecule has 0 aliphatic rings. The van der Waals surface area contributed by atoms with E-state index in [0.29, 0.717) is 12.1 Å². The lowest BCUT2D eigenvalue weighted by Gasteiger charge is -2.09. The smallest absolute Gasteiger partial charge is 0.246 e. The van der Waals surface area contributed by atoms with Crippen LogP contribution in [0.5, 0.6) is 0 Å². The maximum absolute atomic E-state index is 11.5. The lowest BCUT2D eigenvalue weighted by atomic mass is 10.1. The minimum Gasteiger partial charge on any atom is -0.409 e. The summed E-state index contributed by atoms with van der Waals surface area (Å²) in [4.78, 5) is 11.5. The fourth-order valence-corrected chi connectivity index (χ4v) is 1.39. The Morgan fingerprint density at radius 3 is 2.89 bits per heavy atom. The number of rotatable bonds is 6. The number of ether oxygens (including phenoxy) is 1. The summed E-state index contributed by atoms with van der Waals surface area (Å²) < 4.78 is 5.19. The topological polar surface area (TPSA) is 96.9 Å². The molecule has 0 spiro atoms. The van der Waals surface area contributed by atoms with Crippen LogP contribution in [0, 0.1) is 0 Å². The Kier molecular flexibility index (Phi) is 5.81. The van der Waals surface area contributed by atoms with E-state index in [9.17, 15) is 4.79 Å². The van der Waals surface area contributed by atoms with Crippen LogP contribution in [-0.2, 0) is 16.1 Å². The van der Waals surface area contributed by atoms with Crippen LogP contribution in [0.25, 0.3) is 0 Å². The molecule has 19 heavy (non-hydrogen) atoms. The Balaban J connectivity index is 2.52. The van der Waals surface area contributed by atoms with Crippen molar-refractivity contribution in [2.45, 2.75) is 26.5 Å². The third-order valence-electron chi connectivity index (χ3n) is 2.37. The molecule has 0 fully saturated rings. The first-order chi connectivity index (χ1) is 9.02. The molecule has 0 heterocycles. The molecule has 0 aromatic heterocycles. The van der Waals surface area contributed by atoms with Crippen LogP contribution in [0.4, 0.5) is 0 Å². The summed E-state index contributed by atoms with van der Waals surface area (Å²) in [5.41, 5.74) is 6.96. The highest BCUT2D eigenvalue weighted by Gasteiger charge is 2.04. The Morgan fingerprint density at radius 1 is 1.53 bits per heavy atom. The van der Waals surface area contributed by atoms with Gasteiger partial charge in [0.05, 0.1) is 6.10 Å². The molecule has 0 unspecified atom stereocenters. The summed E-state index contributed by atoms with van der Waals surface area (Å²) in [6, 6.07) is 7.10. The Morgan fingerprint density at radius 2 is 2.26 bits per heavy atom. The molecule has 0 aliphatic heterocycles. The van der Waals surface area contributed by atoms with Gasteiger partial charge in [-0.05, 0) is 25.5 Å². The summed E-state index contributed by atoms with van der Waals surface area (Å²) in [6.07, 6.45) is 0.0228. The third-order valence-corrected chi connectivity index (χ3v) is 2.37. The number of hydrogen-bond donors (Lipinski definition) is 3. The average molecular weight is 265 g/mol. The first-order valence-corrected chi connectivity index (χ1v) is 5.98. The van der Waals surface area contributed by atoms with E-state index in [1.54, 1.807) is 18.2 Å². The second-order valence-corrected chi connectivity index (χ2v) is 4.32. The number of hydrogen-bond acceptors (Lipinski definition) is 4. The molecule has 1 aromatic carbocycles. The molecule has 0 radical (unpaired) electrons. The quantitative estimate of drug-likeness (QED) is 0.307. The maximum Gasteiger partial charge on any atom is 0.246 e. The molecule has 6 heteroatoms. The van der Waals surface area contributed by atoms with E-state index in [4.69, 9.17) is 15.7 Å². The first-order valence-electron chi connectivity index (χ1n) is 5.98. The lowest BCUT2D eigenvalue weighted by molar-refractivity contribution is -0.127. The summed E-state index contributed by atoms with van der Waals surface area (Å²) in [6.45, 7) is 4.14. The van der Waals surface area contributed by atoms with Gasteiger partial charge in [-0.25, -0.2) is 0 Å². The van der Waals surface area contributed by atoms with Gasteiger partial charge in [-0.3, -0.25) is 4.79 Å². The van der Waals surface area contributed by atoms with Gasteiger partial charge in [0.2, 0.25) is 5.91 Å². The zero-order chi connectivity index (χ0) is 14.3. The number of nitrogens with zero attached hydrogens (tertiary/aromatic N) is 1. The van der Waals surface area contributed by atoms with Gasteiger partial charge in [-0.2, -0.15) is 0 Å². The van der Waals surface area contributed by atoms with Crippen LogP contribution in [-0.4, -0.2) is 29.7 Å². The summed E-state index contributed by atoms with van der Waals surface area (Å²) >= 11 is 0. The largest absolute Gasteiger partial charge is 0.409 e. The number of benzene rings is 1. The highest BCUT2D eigenvalue weighted by atomic mass is 16.5. The molecule has 0 aliphatic carbocycles. The van der Waals surface area contributed by atoms with Crippen LogP contribution in [0.2, 0.25) is 0 Å². The lowest BCUT2D eigenvalue weighted by Crippen LogP contribution is -2.28. The zero-order valence-corrected chi connectivity index (χ0v) is 11.1. The summed E-state index contributed by atoms with van der Waals surface area (Å²) in [7, 11) is 0. The summed E-state index contributed by atoms with van der Waals surface area (Å²) in [5.74, 6) is -0.140. The second kappa shape index (κ2) is 7.38. The van der Waals surface area contributed by atoms with E-state index in [0.717, 1.165) is 5.56 Å². The molecule has 1 rings (SSSR count). The van der Waals surface area contributed by atoms with Crippen molar-refractivity contribution >= 4 is 11.7 Å². The minimum absolute atomic E-state index is 0.0228. The van der Waals surface area contributed by atoms with Crippen molar-refractivity contribution in [3.63, 3.8) is 0 Å². The van der Waals surface area contributed by atoms with Gasteiger partial charge in [0.25, 0.3) is 0 Å². The molecule has 0 bridgehead atoms. The number of carbonyl (C=O) groups is 1. The standard InChI is InChI=1S/C13H19N3O3/c1-9(2)19-8-12(17)15-7-10-4-3-5-11(6-10)13(14)16-18/h3-6,9,18H,7-8H2,1-2H3,(H2,14,16)(H,15,17). The van der Waals surface area contributed by atoms with Gasteiger partial charge >= 0.3 is 0 Å². The van der Waals surface area contributed by atoms with Gasteiger partial charge in [0.15, 0.2) is 5.84 Å². The number of nitrogens with one attached hydrogen (secondary N) is 1. The maximum atomic E-state index is 11.5. The first kappa shape index (κ1) is 15.0. The van der Waals surface area contributed by atoms with E-state index >= 15 is 0 Å². The highest BCUT2D eigenvalue weighted by Crippen LogP contribution is 2.04. The summed E-state index contributed by atoms with van der Waals surface area (Å²) in [5, 5.41) is 14.3. The molecule has 0 atom stereocenters. The molecule has 0 saturated heterocycles.